The van der Waals surface area contributed by atoms with Gasteiger partial charge in [-0.15, -0.1) is 11.8 Å². The molecule has 1 aliphatic rings. The largest absolute Gasteiger partial charge is 0.468 e. The molecule has 7 heteroatoms. The van der Waals surface area contributed by atoms with Crippen molar-refractivity contribution in [2.75, 3.05) is 19.4 Å². The van der Waals surface area contributed by atoms with Crippen molar-refractivity contribution in [3.05, 3.63) is 0 Å². The molecule has 1 rings (SSSR count). The highest BCUT2D eigenvalue weighted by molar-refractivity contribution is 8.01. The number of rotatable bonds is 3. The van der Waals surface area contributed by atoms with Gasteiger partial charge in [-0.25, -0.2) is 4.79 Å². The van der Waals surface area contributed by atoms with E-state index >= 15 is 0 Å². The number of nitrogens with two attached hydrogens (primary N) is 1. The lowest BCUT2D eigenvalue weighted by molar-refractivity contribution is -0.159. The maximum absolute atomic E-state index is 12.1. The number of hydrogen-bond donors (Lipinski definition) is 2. The summed E-state index contributed by atoms with van der Waals surface area (Å²) in [6.45, 7) is 5.41. The van der Waals surface area contributed by atoms with Crippen LogP contribution in [0.25, 0.3) is 0 Å². The van der Waals surface area contributed by atoms with Gasteiger partial charge in [0.05, 0.1) is 7.11 Å². The molecule has 2 atom stereocenters. The van der Waals surface area contributed by atoms with E-state index in [1.54, 1.807) is 20.8 Å². The first-order chi connectivity index (χ1) is 8.24. The molecular weight excluding hydrogens is 256 g/mol. The van der Waals surface area contributed by atoms with Crippen molar-refractivity contribution in [3.63, 3.8) is 0 Å². The van der Waals surface area contributed by atoms with Crippen LogP contribution >= 0.6 is 11.8 Å². The predicted molar refractivity (Wildman–Crippen MR) is 69.0 cm³/mol. The van der Waals surface area contributed by atoms with Crippen molar-refractivity contribution >= 4 is 23.7 Å². The highest BCUT2D eigenvalue weighted by atomic mass is 32.2. The van der Waals surface area contributed by atoms with Gasteiger partial charge < -0.3 is 15.2 Å². The quantitative estimate of drug-likeness (QED) is 0.693. The number of carbonyl (C=O) groups excluding carboxylic acids is 2. The first kappa shape index (κ1) is 15.3. The number of methoxy groups -OCH3 is 1. The standard InChI is InChI=1S/C11H20N2O4S/c1-10(2,3)17-9(15)11(6-12)13-7(5-18-11)8(14)16-4/h7,13H,5-6,12H2,1-4H3. The van der Waals surface area contributed by atoms with Crippen molar-refractivity contribution in [2.45, 2.75) is 37.3 Å². The molecule has 1 heterocycles. The average molecular weight is 276 g/mol. The Morgan fingerprint density at radius 3 is 2.56 bits per heavy atom. The number of carbonyl (C=O) groups is 2. The first-order valence-corrected chi connectivity index (χ1v) is 6.65. The third-order valence-corrected chi connectivity index (χ3v) is 3.85. The molecule has 0 aromatic rings. The molecule has 6 nitrogen and oxygen atoms in total. The zero-order chi connectivity index (χ0) is 14.0. The smallest absolute Gasteiger partial charge is 0.338 e. The molecule has 3 N–H and O–H groups in total. The lowest BCUT2D eigenvalue weighted by atomic mass is 10.1. The molecule has 0 aromatic carbocycles. The average Bonchev–Trinajstić information content (AvgIpc) is 2.71. The summed E-state index contributed by atoms with van der Waals surface area (Å²) in [5.74, 6) is -0.418. The molecule has 0 spiro atoms. The Morgan fingerprint density at radius 2 is 2.11 bits per heavy atom. The molecule has 1 saturated heterocycles. The zero-order valence-corrected chi connectivity index (χ0v) is 11.9. The van der Waals surface area contributed by atoms with Crippen molar-refractivity contribution < 1.29 is 19.1 Å². The Hall–Kier alpha value is -0.790. The number of nitrogens with one attached hydrogen (secondary N) is 1. The van der Waals surface area contributed by atoms with E-state index in [1.165, 1.54) is 18.9 Å². The van der Waals surface area contributed by atoms with Crippen LogP contribution in [0.2, 0.25) is 0 Å². The monoisotopic (exact) mass is 276 g/mol. The summed E-state index contributed by atoms with van der Waals surface area (Å²) in [5.41, 5.74) is 5.06. The number of hydrogen-bond acceptors (Lipinski definition) is 7. The van der Waals surface area contributed by atoms with Crippen LogP contribution in [0.1, 0.15) is 20.8 Å². The van der Waals surface area contributed by atoms with Crippen LogP contribution in [0.15, 0.2) is 0 Å². The molecule has 0 aromatic heterocycles. The fourth-order valence-electron chi connectivity index (χ4n) is 1.54. The van der Waals surface area contributed by atoms with Crippen LogP contribution < -0.4 is 11.1 Å². The summed E-state index contributed by atoms with van der Waals surface area (Å²) in [4.78, 5) is 22.5. The number of esters is 2. The van der Waals surface area contributed by atoms with Crippen LogP contribution in [-0.2, 0) is 19.1 Å². The van der Waals surface area contributed by atoms with Crippen LogP contribution in [0.3, 0.4) is 0 Å². The SMILES string of the molecule is COC(=O)C1CSC(CN)(C(=O)OC(C)(C)C)N1. The molecule has 1 aliphatic heterocycles. The van der Waals surface area contributed by atoms with Gasteiger partial charge >= 0.3 is 11.9 Å². The second-order valence-corrected chi connectivity index (χ2v) is 6.38. The second kappa shape index (κ2) is 5.46. The van der Waals surface area contributed by atoms with E-state index in [1.807, 2.05) is 0 Å². The molecule has 0 amide bonds. The van der Waals surface area contributed by atoms with Gasteiger partial charge in [-0.1, -0.05) is 0 Å². The second-order valence-electron chi connectivity index (χ2n) is 5.06. The topological polar surface area (TPSA) is 90.7 Å². The lowest BCUT2D eigenvalue weighted by Crippen LogP contribution is -2.56. The normalized spacial score (nSPS) is 27.9. The van der Waals surface area contributed by atoms with E-state index in [0.29, 0.717) is 5.75 Å². The van der Waals surface area contributed by atoms with Crippen molar-refractivity contribution in [3.8, 4) is 0 Å². The first-order valence-electron chi connectivity index (χ1n) is 5.67. The van der Waals surface area contributed by atoms with E-state index < -0.39 is 28.5 Å². The van der Waals surface area contributed by atoms with Gasteiger partial charge in [0, 0.05) is 12.3 Å². The van der Waals surface area contributed by atoms with E-state index in [2.05, 4.69) is 10.1 Å². The summed E-state index contributed by atoms with van der Waals surface area (Å²) >= 11 is 1.28. The summed E-state index contributed by atoms with van der Waals surface area (Å²) < 4.78 is 9.97. The number of thioether (sulfide) groups is 1. The lowest BCUT2D eigenvalue weighted by Gasteiger charge is -2.29. The minimum absolute atomic E-state index is 0.0556. The fraction of sp³-hybridized carbons (Fsp3) is 0.818. The van der Waals surface area contributed by atoms with Gasteiger partial charge in [0.25, 0.3) is 0 Å². The van der Waals surface area contributed by atoms with Crippen LogP contribution in [-0.4, -0.2) is 47.9 Å². The van der Waals surface area contributed by atoms with Gasteiger partial charge in [-0.05, 0) is 20.8 Å². The Morgan fingerprint density at radius 1 is 1.50 bits per heavy atom. The van der Waals surface area contributed by atoms with Crippen LogP contribution in [0.5, 0.6) is 0 Å². The van der Waals surface area contributed by atoms with E-state index in [9.17, 15) is 9.59 Å². The third-order valence-electron chi connectivity index (χ3n) is 2.41. The maximum atomic E-state index is 12.1. The van der Waals surface area contributed by atoms with Crippen LogP contribution in [0.4, 0.5) is 0 Å². The van der Waals surface area contributed by atoms with Gasteiger partial charge in [-0.3, -0.25) is 10.1 Å². The fourth-order valence-corrected chi connectivity index (χ4v) is 2.71. The molecular formula is C11H20N2O4S. The highest BCUT2D eigenvalue weighted by Gasteiger charge is 2.49. The third kappa shape index (κ3) is 3.37. The molecule has 1 fully saturated rings. The molecule has 0 bridgehead atoms. The maximum Gasteiger partial charge on any atom is 0.338 e. The van der Waals surface area contributed by atoms with Gasteiger partial charge in [0.2, 0.25) is 0 Å². The van der Waals surface area contributed by atoms with Crippen molar-refractivity contribution in [1.82, 2.24) is 5.32 Å². The Bertz CT molecular complexity index is 342. The Balaban J connectivity index is 2.77. The molecule has 2 unspecified atom stereocenters. The molecule has 0 aliphatic carbocycles. The summed E-state index contributed by atoms with van der Waals surface area (Å²) in [6, 6.07) is -0.531. The van der Waals surface area contributed by atoms with Gasteiger partial charge in [0.15, 0.2) is 4.87 Å². The minimum atomic E-state index is -1.06. The number of ether oxygens (including phenoxy) is 2. The van der Waals surface area contributed by atoms with Gasteiger partial charge in [0.1, 0.15) is 11.6 Å². The summed E-state index contributed by atoms with van der Waals surface area (Å²) in [6.07, 6.45) is 0. The molecule has 104 valence electrons. The van der Waals surface area contributed by atoms with Crippen molar-refractivity contribution in [1.29, 1.82) is 0 Å². The van der Waals surface area contributed by atoms with E-state index in [0.717, 1.165) is 0 Å². The van der Waals surface area contributed by atoms with E-state index in [-0.39, 0.29) is 6.54 Å². The minimum Gasteiger partial charge on any atom is -0.468 e. The zero-order valence-electron chi connectivity index (χ0n) is 11.1. The van der Waals surface area contributed by atoms with E-state index in [4.69, 9.17) is 10.5 Å². The molecule has 0 saturated carbocycles. The highest BCUT2D eigenvalue weighted by Crippen LogP contribution is 2.32. The Labute approximate surface area is 111 Å². The Kier molecular flexibility index (Phi) is 4.63. The molecule has 0 radical (unpaired) electrons. The van der Waals surface area contributed by atoms with Crippen molar-refractivity contribution in [2.24, 2.45) is 5.73 Å². The van der Waals surface area contributed by atoms with Gasteiger partial charge in [-0.2, -0.15) is 0 Å². The summed E-state index contributed by atoms with van der Waals surface area (Å²) in [5, 5.41) is 2.92. The van der Waals surface area contributed by atoms with Crippen LogP contribution in [0, 0.1) is 0 Å². The predicted octanol–water partition coefficient (Wildman–Crippen LogP) is -0.139. The summed E-state index contributed by atoms with van der Waals surface area (Å²) in [7, 11) is 1.31. The molecule has 18 heavy (non-hydrogen) atoms.